The predicted molar refractivity (Wildman–Crippen MR) is 71.4 cm³/mol. The molecule has 0 saturated heterocycles. The van der Waals surface area contributed by atoms with E-state index in [1.54, 1.807) is 12.1 Å². The summed E-state index contributed by atoms with van der Waals surface area (Å²) < 4.78 is 45.7. The number of rotatable bonds is 3. The summed E-state index contributed by atoms with van der Waals surface area (Å²) in [6.07, 6.45) is -3.27. The summed E-state index contributed by atoms with van der Waals surface area (Å²) in [5.41, 5.74) is 0.213. The first-order valence-corrected chi connectivity index (χ1v) is 6.58. The van der Waals surface area contributed by atoms with Gasteiger partial charge in [0.05, 0.1) is 6.61 Å². The predicted octanol–water partition coefficient (Wildman–Crippen LogP) is 2.73. The lowest BCUT2D eigenvalue weighted by Gasteiger charge is -2.11. The second-order valence-electron chi connectivity index (χ2n) is 5.15. The van der Waals surface area contributed by atoms with E-state index in [2.05, 4.69) is 20.2 Å². The van der Waals surface area contributed by atoms with Crippen LogP contribution in [0.25, 0.3) is 16.8 Å². The molecule has 0 atom stereocenters. The molecule has 9 heteroatoms. The number of hydrogen-bond donors (Lipinski definition) is 0. The van der Waals surface area contributed by atoms with Gasteiger partial charge in [-0.1, -0.05) is 13.8 Å². The summed E-state index contributed by atoms with van der Waals surface area (Å²) in [7, 11) is 0. The second-order valence-corrected chi connectivity index (χ2v) is 5.15. The van der Waals surface area contributed by atoms with Crippen molar-refractivity contribution in [3.8, 4) is 5.88 Å². The molecule has 116 valence electrons. The van der Waals surface area contributed by atoms with E-state index in [1.807, 2.05) is 13.8 Å². The zero-order chi connectivity index (χ0) is 15.9. The Kier molecular flexibility index (Phi) is 3.34. The lowest BCUT2D eigenvalue weighted by atomic mass is 10.2. The number of fused-ring (bicyclic) bond motifs is 3. The Balaban J connectivity index is 2.30. The highest BCUT2D eigenvalue weighted by atomic mass is 19.4. The van der Waals surface area contributed by atoms with E-state index >= 15 is 0 Å². The lowest BCUT2D eigenvalue weighted by Crippen LogP contribution is -2.13. The van der Waals surface area contributed by atoms with Crippen molar-refractivity contribution >= 4 is 16.8 Å². The van der Waals surface area contributed by atoms with Gasteiger partial charge in [-0.2, -0.15) is 13.2 Å². The number of ether oxygens (including phenoxy) is 1. The maximum absolute atomic E-state index is 13.1. The standard InChI is InChI=1S/C13H12F3N5O/c1-7(2)6-22-11-10-19-20-12(13(14,15)16)21(10)9-8(18-11)4-3-5-17-9/h3-5,7H,6H2,1-2H3. The number of halogens is 3. The van der Waals surface area contributed by atoms with Gasteiger partial charge in [0.1, 0.15) is 5.52 Å². The normalized spacial score (nSPS) is 12.5. The Morgan fingerprint density at radius 3 is 2.68 bits per heavy atom. The molecule has 0 spiro atoms. The fourth-order valence-electron chi connectivity index (χ4n) is 1.96. The van der Waals surface area contributed by atoms with Crippen LogP contribution >= 0.6 is 0 Å². The van der Waals surface area contributed by atoms with Crippen LogP contribution in [0.3, 0.4) is 0 Å². The van der Waals surface area contributed by atoms with Gasteiger partial charge in [0.2, 0.25) is 11.5 Å². The highest BCUT2D eigenvalue weighted by molar-refractivity contribution is 5.75. The van der Waals surface area contributed by atoms with Gasteiger partial charge in [-0.25, -0.2) is 14.4 Å². The van der Waals surface area contributed by atoms with Gasteiger partial charge in [0, 0.05) is 6.20 Å². The zero-order valence-electron chi connectivity index (χ0n) is 11.8. The third-order valence-corrected chi connectivity index (χ3v) is 2.86. The first kappa shape index (κ1) is 14.5. The molecule has 0 aliphatic rings. The SMILES string of the molecule is CC(C)COc1nc2cccnc2n2c(C(F)(F)F)nnc12. The van der Waals surface area contributed by atoms with Crippen LogP contribution in [-0.4, -0.2) is 31.2 Å². The van der Waals surface area contributed by atoms with Crippen molar-refractivity contribution in [2.24, 2.45) is 5.92 Å². The molecule has 0 fully saturated rings. The minimum atomic E-state index is -4.65. The molecule has 22 heavy (non-hydrogen) atoms. The lowest BCUT2D eigenvalue weighted by molar-refractivity contribution is -0.145. The smallest absolute Gasteiger partial charge is 0.452 e. The largest absolute Gasteiger partial charge is 0.475 e. The van der Waals surface area contributed by atoms with Gasteiger partial charge in [-0.15, -0.1) is 10.2 Å². The van der Waals surface area contributed by atoms with Gasteiger partial charge in [-0.3, -0.25) is 0 Å². The number of pyridine rings is 1. The third-order valence-electron chi connectivity index (χ3n) is 2.86. The van der Waals surface area contributed by atoms with Crippen molar-refractivity contribution < 1.29 is 17.9 Å². The quantitative estimate of drug-likeness (QED) is 0.744. The molecular weight excluding hydrogens is 299 g/mol. The molecular formula is C13H12F3N5O. The molecule has 0 N–H and O–H groups in total. The molecule has 0 aliphatic carbocycles. The van der Waals surface area contributed by atoms with Crippen LogP contribution in [0.4, 0.5) is 13.2 Å². The van der Waals surface area contributed by atoms with Crippen molar-refractivity contribution in [3.05, 3.63) is 24.2 Å². The molecule has 0 unspecified atom stereocenters. The summed E-state index contributed by atoms with van der Waals surface area (Å²) >= 11 is 0. The highest BCUT2D eigenvalue weighted by Gasteiger charge is 2.38. The zero-order valence-corrected chi connectivity index (χ0v) is 11.8. The molecule has 3 aromatic heterocycles. The van der Waals surface area contributed by atoms with Gasteiger partial charge in [0.15, 0.2) is 5.65 Å². The number of alkyl halides is 3. The maximum Gasteiger partial charge on any atom is 0.452 e. The van der Waals surface area contributed by atoms with Gasteiger partial charge < -0.3 is 4.74 Å². The first-order chi connectivity index (χ1) is 10.4. The molecule has 3 heterocycles. The van der Waals surface area contributed by atoms with Gasteiger partial charge >= 0.3 is 6.18 Å². The number of aromatic nitrogens is 5. The van der Waals surface area contributed by atoms with E-state index in [0.29, 0.717) is 6.61 Å². The molecule has 3 rings (SSSR count). The van der Waals surface area contributed by atoms with E-state index in [-0.39, 0.29) is 28.6 Å². The van der Waals surface area contributed by atoms with E-state index in [4.69, 9.17) is 4.74 Å². The Labute approximate surface area is 123 Å². The van der Waals surface area contributed by atoms with Crippen LogP contribution in [0.15, 0.2) is 18.3 Å². The van der Waals surface area contributed by atoms with Crippen molar-refractivity contribution in [1.82, 2.24) is 24.6 Å². The fourth-order valence-corrected chi connectivity index (χ4v) is 1.96. The highest BCUT2D eigenvalue weighted by Crippen LogP contribution is 2.31. The van der Waals surface area contributed by atoms with Gasteiger partial charge in [-0.05, 0) is 18.1 Å². The van der Waals surface area contributed by atoms with E-state index < -0.39 is 12.0 Å². The fraction of sp³-hybridized carbons (Fsp3) is 0.385. The van der Waals surface area contributed by atoms with Crippen LogP contribution < -0.4 is 4.74 Å². The van der Waals surface area contributed by atoms with Crippen LogP contribution in [0.2, 0.25) is 0 Å². The molecule has 0 aromatic carbocycles. The molecule has 0 radical (unpaired) electrons. The van der Waals surface area contributed by atoms with Crippen molar-refractivity contribution in [2.45, 2.75) is 20.0 Å². The number of hydrogen-bond acceptors (Lipinski definition) is 5. The van der Waals surface area contributed by atoms with Gasteiger partial charge in [0.25, 0.3) is 5.88 Å². The maximum atomic E-state index is 13.1. The minimum Gasteiger partial charge on any atom is -0.475 e. The Hall–Kier alpha value is -2.45. The average molecular weight is 311 g/mol. The van der Waals surface area contributed by atoms with E-state index in [9.17, 15) is 13.2 Å². The third kappa shape index (κ3) is 2.42. The topological polar surface area (TPSA) is 65.2 Å². The Morgan fingerprint density at radius 2 is 2.00 bits per heavy atom. The van der Waals surface area contributed by atoms with Crippen molar-refractivity contribution in [2.75, 3.05) is 6.61 Å². The summed E-state index contributed by atoms with van der Waals surface area (Å²) in [6.45, 7) is 4.15. The summed E-state index contributed by atoms with van der Waals surface area (Å²) in [5.74, 6) is -0.948. The summed E-state index contributed by atoms with van der Waals surface area (Å²) in [5, 5.41) is 6.81. The number of nitrogens with zero attached hydrogens (tertiary/aromatic N) is 5. The Bertz CT molecular complexity index is 828. The average Bonchev–Trinajstić information content (AvgIpc) is 2.90. The van der Waals surface area contributed by atoms with Crippen molar-refractivity contribution in [1.29, 1.82) is 0 Å². The molecule has 0 amide bonds. The molecule has 0 aliphatic heterocycles. The van der Waals surface area contributed by atoms with Crippen LogP contribution in [0, 0.1) is 5.92 Å². The molecule has 0 bridgehead atoms. The van der Waals surface area contributed by atoms with Crippen LogP contribution in [0.1, 0.15) is 19.7 Å². The Morgan fingerprint density at radius 1 is 1.23 bits per heavy atom. The van der Waals surface area contributed by atoms with Crippen LogP contribution in [0.5, 0.6) is 5.88 Å². The van der Waals surface area contributed by atoms with Crippen LogP contribution in [-0.2, 0) is 6.18 Å². The molecule has 3 aromatic rings. The second kappa shape index (κ2) is 5.08. The minimum absolute atomic E-state index is 0.0113. The summed E-state index contributed by atoms with van der Waals surface area (Å²) in [4.78, 5) is 8.15. The van der Waals surface area contributed by atoms with E-state index in [1.165, 1.54) is 6.20 Å². The monoisotopic (exact) mass is 311 g/mol. The molecule has 0 saturated carbocycles. The first-order valence-electron chi connectivity index (χ1n) is 6.58. The molecule has 6 nitrogen and oxygen atoms in total. The van der Waals surface area contributed by atoms with E-state index in [0.717, 1.165) is 4.40 Å². The van der Waals surface area contributed by atoms with Crippen molar-refractivity contribution in [3.63, 3.8) is 0 Å². The summed E-state index contributed by atoms with van der Waals surface area (Å²) in [6, 6.07) is 3.15.